The minimum absolute atomic E-state index is 0.434. The number of hydrogen-bond donors (Lipinski definition) is 2. The molecule has 1 aromatic heterocycles. The highest BCUT2D eigenvalue weighted by atomic mass is 19.4. The zero-order chi connectivity index (χ0) is 13.2. The fraction of sp³-hybridized carbons (Fsp3) is 0.250. The second-order valence-electron chi connectivity index (χ2n) is 2.79. The Morgan fingerprint density at radius 2 is 2.06 bits per heavy atom. The molecule has 0 fully saturated rings. The van der Waals surface area contributed by atoms with Crippen LogP contribution in [-0.2, 0) is 6.67 Å². The molecule has 0 saturated heterocycles. The average molecular weight is 255 g/mol. The van der Waals surface area contributed by atoms with E-state index in [0.717, 1.165) is 0 Å². The number of pyridine rings is 1. The fourth-order valence-electron chi connectivity index (χ4n) is 1.08. The molecule has 17 heavy (non-hydrogen) atoms. The number of nitrogens with zero attached hydrogens (tertiary/aromatic N) is 1. The zero-order valence-electron chi connectivity index (χ0n) is 7.95. The highest BCUT2D eigenvalue weighted by molar-refractivity contribution is 5.92. The summed E-state index contributed by atoms with van der Waals surface area (Å²) in [6.07, 6.45) is -4.70. The smallest absolute Gasteiger partial charge is 0.505 e. The lowest BCUT2D eigenvalue weighted by Gasteiger charge is -2.12. The SMILES string of the molecule is O=C(O)c1c(O)cnc(OC(F)(F)F)c1CF. The number of rotatable bonds is 3. The summed E-state index contributed by atoms with van der Waals surface area (Å²) in [4.78, 5) is 13.6. The van der Waals surface area contributed by atoms with E-state index in [1.807, 2.05) is 0 Å². The Labute approximate surface area is 91.3 Å². The maximum Gasteiger partial charge on any atom is 0.574 e. The van der Waals surface area contributed by atoms with E-state index in [1.54, 1.807) is 0 Å². The number of alkyl halides is 4. The first-order chi connectivity index (χ1) is 7.76. The lowest BCUT2D eigenvalue weighted by atomic mass is 10.1. The van der Waals surface area contributed by atoms with Crippen molar-refractivity contribution in [2.24, 2.45) is 0 Å². The topological polar surface area (TPSA) is 79.7 Å². The quantitative estimate of drug-likeness (QED) is 0.806. The summed E-state index contributed by atoms with van der Waals surface area (Å²) in [5, 5.41) is 17.7. The molecule has 1 heterocycles. The summed E-state index contributed by atoms with van der Waals surface area (Å²) in [6.45, 7) is -1.57. The largest absolute Gasteiger partial charge is 0.574 e. The minimum Gasteiger partial charge on any atom is -0.505 e. The van der Waals surface area contributed by atoms with Gasteiger partial charge in [0.1, 0.15) is 18.0 Å². The third-order valence-corrected chi connectivity index (χ3v) is 1.68. The Bertz CT molecular complexity index is 446. The maximum atomic E-state index is 12.5. The van der Waals surface area contributed by atoms with Crippen LogP contribution in [0.1, 0.15) is 15.9 Å². The predicted octanol–water partition coefficient (Wildman–Crippen LogP) is 1.85. The van der Waals surface area contributed by atoms with Crippen molar-refractivity contribution in [3.8, 4) is 11.6 Å². The van der Waals surface area contributed by atoms with Crippen molar-refractivity contribution in [2.45, 2.75) is 13.0 Å². The second-order valence-corrected chi connectivity index (χ2v) is 2.79. The van der Waals surface area contributed by atoms with Crippen LogP contribution in [0.25, 0.3) is 0 Å². The Balaban J connectivity index is 3.33. The molecule has 94 valence electrons. The summed E-state index contributed by atoms with van der Waals surface area (Å²) in [5.74, 6) is -3.97. The van der Waals surface area contributed by atoms with Gasteiger partial charge in [0.15, 0.2) is 0 Å². The number of ether oxygens (including phenoxy) is 1. The van der Waals surface area contributed by atoms with E-state index in [2.05, 4.69) is 9.72 Å². The number of aromatic hydroxyl groups is 1. The van der Waals surface area contributed by atoms with Crippen LogP contribution < -0.4 is 4.74 Å². The maximum absolute atomic E-state index is 12.5. The van der Waals surface area contributed by atoms with Crippen LogP contribution in [0.3, 0.4) is 0 Å². The van der Waals surface area contributed by atoms with Gasteiger partial charge in [0.05, 0.1) is 11.8 Å². The molecule has 0 aliphatic rings. The molecule has 2 N–H and O–H groups in total. The second kappa shape index (κ2) is 4.44. The first-order valence-corrected chi connectivity index (χ1v) is 4.02. The molecule has 0 aliphatic heterocycles. The summed E-state index contributed by atoms with van der Waals surface area (Å²) >= 11 is 0. The van der Waals surface area contributed by atoms with Gasteiger partial charge >= 0.3 is 12.3 Å². The summed E-state index contributed by atoms with van der Waals surface area (Å²) in [5.41, 5.74) is -1.99. The van der Waals surface area contributed by atoms with Crippen LogP contribution in [0.5, 0.6) is 11.6 Å². The van der Waals surface area contributed by atoms with Gasteiger partial charge in [-0.25, -0.2) is 14.2 Å². The van der Waals surface area contributed by atoms with Gasteiger partial charge in [-0.2, -0.15) is 0 Å². The first-order valence-electron chi connectivity index (χ1n) is 4.02. The Morgan fingerprint density at radius 1 is 1.47 bits per heavy atom. The molecule has 0 spiro atoms. The number of aromatic nitrogens is 1. The lowest BCUT2D eigenvalue weighted by molar-refractivity contribution is -0.276. The number of hydrogen-bond acceptors (Lipinski definition) is 4. The highest BCUT2D eigenvalue weighted by Gasteiger charge is 2.34. The molecular weight excluding hydrogens is 250 g/mol. The number of carboxylic acids is 1. The van der Waals surface area contributed by atoms with Crippen molar-refractivity contribution < 1.29 is 37.3 Å². The van der Waals surface area contributed by atoms with Crippen LogP contribution >= 0.6 is 0 Å². The van der Waals surface area contributed by atoms with Crippen LogP contribution in [0.2, 0.25) is 0 Å². The van der Waals surface area contributed by atoms with E-state index >= 15 is 0 Å². The van der Waals surface area contributed by atoms with E-state index in [9.17, 15) is 22.4 Å². The van der Waals surface area contributed by atoms with Gasteiger partial charge in [-0.1, -0.05) is 0 Å². The van der Waals surface area contributed by atoms with Crippen molar-refractivity contribution in [3.63, 3.8) is 0 Å². The number of halogens is 4. The van der Waals surface area contributed by atoms with Crippen LogP contribution in [-0.4, -0.2) is 27.5 Å². The summed E-state index contributed by atoms with van der Waals surface area (Å²) in [7, 11) is 0. The number of carboxylic acid groups (broad SMARTS) is 1. The van der Waals surface area contributed by atoms with Crippen molar-refractivity contribution in [2.75, 3.05) is 0 Å². The van der Waals surface area contributed by atoms with Gasteiger partial charge in [-0.05, 0) is 0 Å². The molecule has 5 nitrogen and oxygen atoms in total. The zero-order valence-corrected chi connectivity index (χ0v) is 7.95. The predicted molar refractivity (Wildman–Crippen MR) is 44.4 cm³/mol. The molecule has 0 bridgehead atoms. The van der Waals surface area contributed by atoms with Gasteiger partial charge in [-0.15, -0.1) is 13.2 Å². The van der Waals surface area contributed by atoms with E-state index in [1.165, 1.54) is 0 Å². The van der Waals surface area contributed by atoms with Gasteiger partial charge in [0.25, 0.3) is 0 Å². The van der Waals surface area contributed by atoms with E-state index in [-0.39, 0.29) is 0 Å². The molecule has 9 heteroatoms. The fourth-order valence-corrected chi connectivity index (χ4v) is 1.08. The molecule has 0 unspecified atom stereocenters. The van der Waals surface area contributed by atoms with E-state index in [0.29, 0.717) is 6.20 Å². The van der Waals surface area contributed by atoms with Crippen LogP contribution in [0.15, 0.2) is 6.20 Å². The molecular formula is C8H5F4NO4. The van der Waals surface area contributed by atoms with E-state index < -0.39 is 41.8 Å². The van der Waals surface area contributed by atoms with Crippen LogP contribution in [0, 0.1) is 0 Å². The lowest BCUT2D eigenvalue weighted by Crippen LogP contribution is -2.20. The Kier molecular flexibility index (Phi) is 3.39. The molecule has 0 amide bonds. The highest BCUT2D eigenvalue weighted by Crippen LogP contribution is 2.31. The molecule has 0 atom stereocenters. The standard InChI is InChI=1S/C8H5F4NO4/c9-1-3-5(7(15)16)4(14)2-13-6(3)17-8(10,11)12/h2,14H,1H2,(H,15,16). The van der Waals surface area contributed by atoms with Crippen molar-refractivity contribution in [3.05, 3.63) is 17.3 Å². The van der Waals surface area contributed by atoms with Gasteiger partial charge < -0.3 is 14.9 Å². The third-order valence-electron chi connectivity index (χ3n) is 1.68. The summed E-state index contributed by atoms with van der Waals surface area (Å²) < 4.78 is 51.5. The van der Waals surface area contributed by atoms with Gasteiger partial charge in [-0.3, -0.25) is 0 Å². The molecule has 1 rings (SSSR count). The monoisotopic (exact) mass is 255 g/mol. The normalized spacial score (nSPS) is 11.3. The number of carbonyl (C=O) groups is 1. The first kappa shape index (κ1) is 13.0. The average Bonchev–Trinajstić information content (AvgIpc) is 2.17. The van der Waals surface area contributed by atoms with Gasteiger partial charge in [0.2, 0.25) is 5.88 Å². The third kappa shape index (κ3) is 2.95. The van der Waals surface area contributed by atoms with Crippen molar-refractivity contribution >= 4 is 5.97 Å². The summed E-state index contributed by atoms with van der Waals surface area (Å²) in [6, 6.07) is 0. The van der Waals surface area contributed by atoms with Gasteiger partial charge in [0, 0.05) is 0 Å². The Hall–Kier alpha value is -2.06. The van der Waals surface area contributed by atoms with Crippen molar-refractivity contribution in [1.82, 2.24) is 4.98 Å². The molecule has 0 aromatic carbocycles. The minimum atomic E-state index is -5.14. The van der Waals surface area contributed by atoms with Crippen molar-refractivity contribution in [1.29, 1.82) is 0 Å². The molecule has 0 radical (unpaired) electrons. The van der Waals surface area contributed by atoms with E-state index in [4.69, 9.17) is 10.2 Å². The van der Waals surface area contributed by atoms with Crippen LogP contribution in [0.4, 0.5) is 17.6 Å². The molecule has 0 aliphatic carbocycles. The molecule has 1 aromatic rings. The Morgan fingerprint density at radius 3 is 2.47 bits per heavy atom. The number of aromatic carboxylic acids is 1. The molecule has 0 saturated carbocycles.